The van der Waals surface area contributed by atoms with Gasteiger partial charge in [0.2, 0.25) is 0 Å². The van der Waals surface area contributed by atoms with Crippen molar-refractivity contribution in [3.63, 3.8) is 0 Å². The molecule has 4 heteroatoms. The first-order valence-electron chi connectivity index (χ1n) is 5.85. The van der Waals surface area contributed by atoms with E-state index in [9.17, 15) is 4.39 Å². The van der Waals surface area contributed by atoms with E-state index in [2.05, 4.69) is 22.6 Å². The molecule has 0 aliphatic rings. The Labute approximate surface area is 125 Å². The van der Waals surface area contributed by atoms with Crippen LogP contribution in [0, 0.1) is 10.5 Å². The lowest BCUT2D eigenvalue weighted by molar-refractivity contribution is -0.0425. The van der Waals surface area contributed by atoms with Gasteiger partial charge < -0.3 is 10.2 Å². The molecule has 0 amide bonds. The van der Waals surface area contributed by atoms with Gasteiger partial charge >= 0.3 is 0 Å². The van der Waals surface area contributed by atoms with Crippen LogP contribution in [-0.2, 0) is 6.67 Å². The van der Waals surface area contributed by atoms with Crippen LogP contribution in [0.25, 0.3) is 11.1 Å². The number of alkyl halides is 1. The summed E-state index contributed by atoms with van der Waals surface area (Å²) in [7, 11) is 0. The number of aryl methyl sites for hydroxylation is 1. The van der Waals surface area contributed by atoms with E-state index < -0.39 is 13.0 Å². The molecule has 0 aromatic heterocycles. The molecule has 2 aromatic rings. The number of hydrogen-bond acceptors (Lipinski definition) is 2. The zero-order valence-corrected chi connectivity index (χ0v) is 12.6. The summed E-state index contributed by atoms with van der Waals surface area (Å²) in [5.74, 6) is 0. The summed E-state index contributed by atoms with van der Waals surface area (Å²) >= 11 is 2.12. The van der Waals surface area contributed by atoms with Crippen LogP contribution in [-0.4, -0.2) is 10.2 Å². The van der Waals surface area contributed by atoms with E-state index >= 15 is 0 Å². The number of aliphatic hydroxyl groups excluding tert-OH is 1. The third-order valence-corrected chi connectivity index (χ3v) is 4.10. The van der Waals surface area contributed by atoms with E-state index in [1.807, 2.05) is 25.1 Å². The van der Waals surface area contributed by atoms with Crippen LogP contribution in [0.15, 0.2) is 36.4 Å². The molecule has 2 N–H and O–H groups in total. The van der Waals surface area contributed by atoms with Gasteiger partial charge in [0.05, 0.1) is 0 Å². The first kappa shape index (κ1) is 14.4. The minimum atomic E-state index is -1.48. The van der Waals surface area contributed by atoms with Gasteiger partial charge in [-0.1, -0.05) is 30.3 Å². The van der Waals surface area contributed by atoms with E-state index in [4.69, 9.17) is 10.2 Å². The van der Waals surface area contributed by atoms with Gasteiger partial charge in [0.1, 0.15) is 6.67 Å². The van der Waals surface area contributed by atoms with Crippen molar-refractivity contribution in [2.75, 3.05) is 0 Å². The van der Waals surface area contributed by atoms with E-state index in [-0.39, 0.29) is 0 Å². The van der Waals surface area contributed by atoms with Crippen molar-refractivity contribution >= 4 is 22.6 Å². The molecular formula is C15H14FIO2. The van der Waals surface area contributed by atoms with Gasteiger partial charge in [-0.3, -0.25) is 0 Å². The van der Waals surface area contributed by atoms with Gasteiger partial charge in [0.15, 0.2) is 6.29 Å². The Hall–Kier alpha value is -0.980. The lowest BCUT2D eigenvalue weighted by Crippen LogP contribution is -1.97. The first-order chi connectivity index (χ1) is 9.04. The lowest BCUT2D eigenvalue weighted by atomic mass is 9.95. The normalized spacial score (nSPS) is 11.1. The number of rotatable bonds is 3. The topological polar surface area (TPSA) is 40.5 Å². The molecule has 0 fully saturated rings. The van der Waals surface area contributed by atoms with Crippen LogP contribution >= 0.6 is 22.6 Å². The molecule has 0 aliphatic carbocycles. The molecule has 0 saturated carbocycles. The molecule has 0 aliphatic heterocycles. The van der Waals surface area contributed by atoms with Gasteiger partial charge in [-0.15, -0.1) is 0 Å². The zero-order valence-electron chi connectivity index (χ0n) is 10.4. The molecule has 0 atom stereocenters. The van der Waals surface area contributed by atoms with Crippen LogP contribution in [0.5, 0.6) is 0 Å². The Morgan fingerprint density at radius 2 is 1.89 bits per heavy atom. The van der Waals surface area contributed by atoms with Crippen LogP contribution < -0.4 is 0 Å². The van der Waals surface area contributed by atoms with Crippen LogP contribution in [0.1, 0.15) is 23.0 Å². The highest BCUT2D eigenvalue weighted by molar-refractivity contribution is 14.1. The largest absolute Gasteiger partial charge is 0.364 e. The summed E-state index contributed by atoms with van der Waals surface area (Å²) in [5, 5.41) is 18.3. The zero-order chi connectivity index (χ0) is 14.0. The van der Waals surface area contributed by atoms with Crippen LogP contribution in [0.2, 0.25) is 0 Å². The van der Waals surface area contributed by atoms with Gasteiger partial charge in [-0.05, 0) is 52.3 Å². The SMILES string of the molecule is Cc1cc(C(O)O)ccc1-c1cccc(I)c1CF. The molecule has 0 saturated heterocycles. The minimum Gasteiger partial charge on any atom is -0.364 e. The first-order valence-corrected chi connectivity index (χ1v) is 6.93. The summed E-state index contributed by atoms with van der Waals surface area (Å²) < 4.78 is 14.1. The lowest BCUT2D eigenvalue weighted by Gasteiger charge is -2.13. The van der Waals surface area contributed by atoms with Crippen LogP contribution in [0.3, 0.4) is 0 Å². The van der Waals surface area contributed by atoms with Gasteiger partial charge in [0, 0.05) is 14.7 Å². The Bertz CT molecular complexity index is 597. The number of aliphatic hydroxyl groups is 2. The number of hydrogen-bond donors (Lipinski definition) is 2. The van der Waals surface area contributed by atoms with Crippen molar-refractivity contribution < 1.29 is 14.6 Å². The summed E-state index contributed by atoms with van der Waals surface area (Å²) in [6.07, 6.45) is -1.48. The molecular weight excluding hydrogens is 358 g/mol. The smallest absolute Gasteiger partial charge is 0.178 e. The maximum atomic E-state index is 13.2. The second-order valence-electron chi connectivity index (χ2n) is 4.35. The second kappa shape index (κ2) is 5.98. The van der Waals surface area contributed by atoms with Crippen molar-refractivity contribution in [2.24, 2.45) is 0 Å². The van der Waals surface area contributed by atoms with E-state index in [0.29, 0.717) is 11.1 Å². The third kappa shape index (κ3) is 2.96. The Balaban J connectivity index is 2.57. The molecule has 2 nitrogen and oxygen atoms in total. The second-order valence-corrected chi connectivity index (χ2v) is 5.51. The summed E-state index contributed by atoms with van der Waals surface area (Å²) in [5.41, 5.74) is 3.76. The van der Waals surface area contributed by atoms with E-state index in [0.717, 1.165) is 20.3 Å². The Kier molecular flexibility index (Phi) is 4.54. The maximum Gasteiger partial charge on any atom is 0.178 e. The molecule has 2 aromatic carbocycles. The number of benzene rings is 2. The highest BCUT2D eigenvalue weighted by Gasteiger charge is 2.12. The predicted octanol–water partition coefficient (Wildman–Crippen LogP) is 3.72. The molecule has 100 valence electrons. The standard InChI is InChI=1S/C15H14FIO2/c1-9-7-10(15(18)19)5-6-11(9)12-3-2-4-14(17)13(12)8-16/h2-7,15,18-19H,8H2,1H3. The Morgan fingerprint density at radius 1 is 1.16 bits per heavy atom. The van der Waals surface area contributed by atoms with E-state index in [1.54, 1.807) is 18.2 Å². The fourth-order valence-electron chi connectivity index (χ4n) is 2.10. The third-order valence-electron chi connectivity index (χ3n) is 3.09. The quantitative estimate of drug-likeness (QED) is 0.637. The molecule has 0 bridgehead atoms. The van der Waals surface area contributed by atoms with Crippen LogP contribution in [0.4, 0.5) is 4.39 Å². The summed E-state index contributed by atoms with van der Waals surface area (Å²) in [6.45, 7) is 1.36. The van der Waals surface area contributed by atoms with Crippen molar-refractivity contribution in [2.45, 2.75) is 19.9 Å². The minimum absolute atomic E-state index is 0.439. The van der Waals surface area contributed by atoms with Crippen molar-refractivity contribution in [1.82, 2.24) is 0 Å². The maximum absolute atomic E-state index is 13.2. The number of halogens is 2. The molecule has 19 heavy (non-hydrogen) atoms. The molecule has 0 unspecified atom stereocenters. The van der Waals surface area contributed by atoms with Crippen molar-refractivity contribution in [1.29, 1.82) is 0 Å². The Morgan fingerprint density at radius 3 is 2.47 bits per heavy atom. The average molecular weight is 372 g/mol. The van der Waals surface area contributed by atoms with Gasteiger partial charge in [0.25, 0.3) is 0 Å². The molecule has 0 spiro atoms. The van der Waals surface area contributed by atoms with Gasteiger partial charge in [-0.25, -0.2) is 4.39 Å². The van der Waals surface area contributed by atoms with Crippen molar-refractivity contribution in [3.05, 3.63) is 56.7 Å². The molecule has 0 radical (unpaired) electrons. The fraction of sp³-hybridized carbons (Fsp3) is 0.200. The summed E-state index contributed by atoms with van der Waals surface area (Å²) in [4.78, 5) is 0. The summed E-state index contributed by atoms with van der Waals surface area (Å²) in [6, 6.07) is 10.8. The highest BCUT2D eigenvalue weighted by atomic mass is 127. The van der Waals surface area contributed by atoms with E-state index in [1.165, 1.54) is 0 Å². The van der Waals surface area contributed by atoms with Gasteiger partial charge in [-0.2, -0.15) is 0 Å². The van der Waals surface area contributed by atoms with Crippen molar-refractivity contribution in [3.8, 4) is 11.1 Å². The molecule has 0 heterocycles. The average Bonchev–Trinajstić information content (AvgIpc) is 2.38. The molecule has 2 rings (SSSR count). The monoisotopic (exact) mass is 372 g/mol. The fourth-order valence-corrected chi connectivity index (χ4v) is 2.74. The highest BCUT2D eigenvalue weighted by Crippen LogP contribution is 2.31. The predicted molar refractivity (Wildman–Crippen MR) is 81.3 cm³/mol.